The van der Waals surface area contributed by atoms with Crippen LogP contribution in [-0.2, 0) is 6.54 Å². The minimum atomic E-state index is 0.534. The standard InChI is InChI=1S/C15H14BrCl2NO/c1-2-19-9-10-3-5-14(12(17)7-10)20-15-6-4-11(16)8-13(15)18/h3-8,19H,2,9H2,1H3. The van der Waals surface area contributed by atoms with E-state index in [9.17, 15) is 0 Å². The second-order valence-electron chi connectivity index (χ2n) is 4.22. The largest absolute Gasteiger partial charge is 0.454 e. The Bertz CT molecular complexity index is 604. The van der Waals surface area contributed by atoms with Gasteiger partial charge in [0.2, 0.25) is 0 Å². The molecule has 0 saturated carbocycles. The Labute approximate surface area is 137 Å². The van der Waals surface area contributed by atoms with Crippen molar-refractivity contribution in [1.82, 2.24) is 5.32 Å². The minimum absolute atomic E-state index is 0.534. The third-order valence-electron chi connectivity index (χ3n) is 2.69. The van der Waals surface area contributed by atoms with Gasteiger partial charge in [-0.2, -0.15) is 0 Å². The van der Waals surface area contributed by atoms with Crippen LogP contribution in [0.2, 0.25) is 10.0 Å². The molecule has 0 aliphatic rings. The van der Waals surface area contributed by atoms with Crippen molar-refractivity contribution in [2.24, 2.45) is 0 Å². The summed E-state index contributed by atoms with van der Waals surface area (Å²) in [6.07, 6.45) is 0. The monoisotopic (exact) mass is 373 g/mol. The minimum Gasteiger partial charge on any atom is -0.454 e. The van der Waals surface area contributed by atoms with Crippen molar-refractivity contribution in [2.75, 3.05) is 6.54 Å². The van der Waals surface area contributed by atoms with Crippen LogP contribution in [-0.4, -0.2) is 6.54 Å². The topological polar surface area (TPSA) is 21.3 Å². The van der Waals surface area contributed by atoms with E-state index in [-0.39, 0.29) is 0 Å². The van der Waals surface area contributed by atoms with Gasteiger partial charge in [0.1, 0.15) is 11.5 Å². The summed E-state index contributed by atoms with van der Waals surface area (Å²) in [7, 11) is 0. The molecular formula is C15H14BrCl2NO. The third-order valence-corrected chi connectivity index (χ3v) is 3.77. The van der Waals surface area contributed by atoms with Gasteiger partial charge in [-0.15, -0.1) is 0 Å². The van der Waals surface area contributed by atoms with Crippen LogP contribution in [0.3, 0.4) is 0 Å². The lowest BCUT2D eigenvalue weighted by Crippen LogP contribution is -2.11. The van der Waals surface area contributed by atoms with Gasteiger partial charge in [0.25, 0.3) is 0 Å². The summed E-state index contributed by atoms with van der Waals surface area (Å²) in [4.78, 5) is 0. The number of nitrogens with one attached hydrogen (secondary N) is 1. The second-order valence-corrected chi connectivity index (χ2v) is 5.95. The molecule has 106 valence electrons. The fourth-order valence-corrected chi connectivity index (χ4v) is 2.64. The molecule has 0 unspecified atom stereocenters. The van der Waals surface area contributed by atoms with Gasteiger partial charge in [0.05, 0.1) is 10.0 Å². The summed E-state index contributed by atoms with van der Waals surface area (Å²) in [5.41, 5.74) is 1.12. The van der Waals surface area contributed by atoms with E-state index in [0.717, 1.165) is 23.1 Å². The molecule has 0 aliphatic carbocycles. The molecule has 0 bridgehead atoms. The lowest BCUT2D eigenvalue weighted by molar-refractivity contribution is 0.482. The predicted molar refractivity (Wildman–Crippen MR) is 88.1 cm³/mol. The van der Waals surface area contributed by atoms with Crippen molar-refractivity contribution in [3.05, 3.63) is 56.5 Å². The third kappa shape index (κ3) is 4.13. The average molecular weight is 375 g/mol. The lowest BCUT2D eigenvalue weighted by Gasteiger charge is -2.11. The second kappa shape index (κ2) is 7.32. The number of rotatable bonds is 5. The van der Waals surface area contributed by atoms with Crippen LogP contribution in [0.4, 0.5) is 0 Å². The van der Waals surface area contributed by atoms with Crippen LogP contribution in [0.15, 0.2) is 40.9 Å². The first kappa shape index (κ1) is 15.6. The SMILES string of the molecule is CCNCc1ccc(Oc2ccc(Br)cc2Cl)c(Cl)c1. The quantitative estimate of drug-likeness (QED) is 0.729. The number of hydrogen-bond acceptors (Lipinski definition) is 2. The van der Waals surface area contributed by atoms with Gasteiger partial charge < -0.3 is 10.1 Å². The van der Waals surface area contributed by atoms with E-state index in [1.54, 1.807) is 12.1 Å². The molecule has 0 heterocycles. The number of ether oxygens (including phenoxy) is 1. The highest BCUT2D eigenvalue weighted by molar-refractivity contribution is 9.10. The van der Waals surface area contributed by atoms with Crippen molar-refractivity contribution in [3.8, 4) is 11.5 Å². The maximum atomic E-state index is 6.24. The van der Waals surface area contributed by atoms with Crippen LogP contribution in [0, 0.1) is 0 Å². The Kier molecular flexibility index (Phi) is 5.73. The lowest BCUT2D eigenvalue weighted by atomic mass is 10.2. The Morgan fingerprint density at radius 3 is 2.30 bits per heavy atom. The maximum Gasteiger partial charge on any atom is 0.146 e. The Hall–Kier alpha value is -0.740. The van der Waals surface area contributed by atoms with Gasteiger partial charge in [0, 0.05) is 11.0 Å². The van der Waals surface area contributed by atoms with E-state index in [4.69, 9.17) is 27.9 Å². The molecule has 0 radical (unpaired) electrons. The fraction of sp³-hybridized carbons (Fsp3) is 0.200. The molecule has 2 nitrogen and oxygen atoms in total. The molecule has 0 atom stereocenters. The van der Waals surface area contributed by atoms with Crippen LogP contribution in [0.5, 0.6) is 11.5 Å². The normalized spacial score (nSPS) is 10.6. The number of benzene rings is 2. The predicted octanol–water partition coefficient (Wildman–Crippen LogP) is 5.66. The summed E-state index contributed by atoms with van der Waals surface area (Å²) >= 11 is 15.7. The van der Waals surface area contributed by atoms with E-state index >= 15 is 0 Å². The molecule has 20 heavy (non-hydrogen) atoms. The first-order chi connectivity index (χ1) is 9.60. The molecule has 0 spiro atoms. The molecule has 5 heteroatoms. The first-order valence-corrected chi connectivity index (χ1v) is 7.77. The maximum absolute atomic E-state index is 6.24. The fourth-order valence-electron chi connectivity index (χ4n) is 1.68. The van der Waals surface area contributed by atoms with Crippen molar-refractivity contribution < 1.29 is 4.74 Å². The Balaban J connectivity index is 2.17. The first-order valence-electron chi connectivity index (χ1n) is 6.22. The van der Waals surface area contributed by atoms with Crippen molar-refractivity contribution in [2.45, 2.75) is 13.5 Å². The number of hydrogen-bond donors (Lipinski definition) is 1. The van der Waals surface area contributed by atoms with E-state index in [1.807, 2.05) is 24.3 Å². The molecule has 0 saturated heterocycles. The molecule has 2 aromatic carbocycles. The van der Waals surface area contributed by atoms with Crippen molar-refractivity contribution >= 4 is 39.1 Å². The molecule has 2 aromatic rings. The van der Waals surface area contributed by atoms with Gasteiger partial charge in [-0.25, -0.2) is 0 Å². The summed E-state index contributed by atoms with van der Waals surface area (Å²) in [5, 5.41) is 4.35. The summed E-state index contributed by atoms with van der Waals surface area (Å²) in [6.45, 7) is 3.77. The zero-order valence-corrected chi connectivity index (χ0v) is 14.0. The van der Waals surface area contributed by atoms with Gasteiger partial charge in [-0.1, -0.05) is 52.1 Å². The van der Waals surface area contributed by atoms with E-state index in [1.165, 1.54) is 0 Å². The zero-order chi connectivity index (χ0) is 14.5. The van der Waals surface area contributed by atoms with Gasteiger partial charge in [-0.05, 0) is 42.4 Å². The van der Waals surface area contributed by atoms with Gasteiger partial charge in [0.15, 0.2) is 0 Å². The molecule has 0 aromatic heterocycles. The van der Waals surface area contributed by atoms with Crippen LogP contribution in [0.25, 0.3) is 0 Å². The average Bonchev–Trinajstić information content (AvgIpc) is 2.42. The molecular weight excluding hydrogens is 361 g/mol. The van der Waals surface area contributed by atoms with Gasteiger partial charge >= 0.3 is 0 Å². The van der Waals surface area contributed by atoms with Crippen molar-refractivity contribution in [3.63, 3.8) is 0 Å². The van der Waals surface area contributed by atoms with Crippen molar-refractivity contribution in [1.29, 1.82) is 0 Å². The van der Waals surface area contributed by atoms with E-state index in [2.05, 4.69) is 28.2 Å². The Morgan fingerprint density at radius 2 is 1.70 bits per heavy atom. The van der Waals surface area contributed by atoms with Crippen LogP contribution in [0.1, 0.15) is 12.5 Å². The Morgan fingerprint density at radius 1 is 1.05 bits per heavy atom. The van der Waals surface area contributed by atoms with Gasteiger partial charge in [-0.3, -0.25) is 0 Å². The highest BCUT2D eigenvalue weighted by Gasteiger charge is 2.08. The highest BCUT2D eigenvalue weighted by atomic mass is 79.9. The highest BCUT2D eigenvalue weighted by Crippen LogP contribution is 2.35. The molecule has 1 N–H and O–H groups in total. The van der Waals surface area contributed by atoms with Crippen LogP contribution >= 0.6 is 39.1 Å². The van der Waals surface area contributed by atoms with E-state index < -0.39 is 0 Å². The van der Waals surface area contributed by atoms with Crippen LogP contribution < -0.4 is 10.1 Å². The summed E-state index contributed by atoms with van der Waals surface area (Å²) < 4.78 is 6.65. The molecule has 2 rings (SSSR count). The summed E-state index contributed by atoms with van der Waals surface area (Å²) in [6, 6.07) is 11.2. The molecule has 0 aliphatic heterocycles. The number of halogens is 3. The summed E-state index contributed by atoms with van der Waals surface area (Å²) in [5.74, 6) is 1.17. The van der Waals surface area contributed by atoms with E-state index in [0.29, 0.717) is 21.5 Å². The zero-order valence-electron chi connectivity index (χ0n) is 10.9. The molecule has 0 fully saturated rings. The molecule has 0 amide bonds. The smallest absolute Gasteiger partial charge is 0.146 e.